The molecule has 1 aliphatic rings. The Balaban J connectivity index is 1.90. The number of hydrogen-bond donors (Lipinski definition) is 1. The maximum absolute atomic E-state index is 12.3. The number of methoxy groups -OCH3 is 1. The Morgan fingerprint density at radius 2 is 2.24 bits per heavy atom. The first-order valence-electron chi connectivity index (χ1n) is 10.2. The molecule has 0 bridgehead atoms. The second-order valence-corrected chi connectivity index (χ2v) is 7.47. The van der Waals surface area contributed by atoms with Crippen LogP contribution in [0.5, 0.6) is 0 Å². The first-order valence-corrected chi connectivity index (χ1v) is 10.2. The van der Waals surface area contributed by atoms with Crippen LogP contribution >= 0.6 is 0 Å². The van der Waals surface area contributed by atoms with Crippen LogP contribution in [-0.2, 0) is 16.0 Å². The van der Waals surface area contributed by atoms with Crippen LogP contribution in [0.15, 0.2) is 36.4 Å². The van der Waals surface area contributed by atoms with Crippen LogP contribution < -0.4 is 0 Å². The molecular formula is C24H31NO4. The average Bonchev–Trinajstić information content (AvgIpc) is 3.09. The van der Waals surface area contributed by atoms with Crippen LogP contribution in [0.3, 0.4) is 0 Å². The smallest absolute Gasteiger partial charge is 0.337 e. The summed E-state index contributed by atoms with van der Waals surface area (Å²) in [5, 5.41) is 10.3. The van der Waals surface area contributed by atoms with E-state index < -0.39 is 6.10 Å². The van der Waals surface area contributed by atoms with Gasteiger partial charge in [0.25, 0.3) is 0 Å². The number of likely N-dealkylation sites (tertiary alicyclic amines) is 1. The highest BCUT2D eigenvalue weighted by atomic mass is 16.5. The molecule has 0 unspecified atom stereocenters. The molecule has 1 saturated heterocycles. The summed E-state index contributed by atoms with van der Waals surface area (Å²) in [7, 11) is 1.37. The predicted molar refractivity (Wildman–Crippen MR) is 113 cm³/mol. The van der Waals surface area contributed by atoms with E-state index in [1.54, 1.807) is 19.1 Å². The van der Waals surface area contributed by atoms with Crippen LogP contribution in [-0.4, -0.2) is 47.7 Å². The molecule has 5 heteroatoms. The van der Waals surface area contributed by atoms with Crippen molar-refractivity contribution < 1.29 is 19.4 Å². The van der Waals surface area contributed by atoms with E-state index in [1.807, 2.05) is 36.1 Å². The van der Waals surface area contributed by atoms with Gasteiger partial charge in [0.05, 0.1) is 24.8 Å². The number of benzene rings is 1. The van der Waals surface area contributed by atoms with Crippen molar-refractivity contribution in [3.8, 4) is 11.8 Å². The van der Waals surface area contributed by atoms with Crippen LogP contribution in [0.2, 0.25) is 0 Å². The Kier molecular flexibility index (Phi) is 8.95. The van der Waals surface area contributed by atoms with E-state index in [2.05, 4.69) is 11.8 Å². The van der Waals surface area contributed by atoms with E-state index in [4.69, 9.17) is 4.74 Å². The fraction of sp³-hybridized carbons (Fsp3) is 0.500. The number of carbonyl (C=O) groups excluding carboxylic acids is 2. The van der Waals surface area contributed by atoms with E-state index in [-0.39, 0.29) is 23.8 Å². The maximum atomic E-state index is 12.3. The lowest BCUT2D eigenvalue weighted by Crippen LogP contribution is -2.33. The van der Waals surface area contributed by atoms with Gasteiger partial charge in [-0.05, 0) is 49.8 Å². The van der Waals surface area contributed by atoms with E-state index in [9.17, 15) is 14.7 Å². The summed E-state index contributed by atoms with van der Waals surface area (Å²) in [6.45, 7) is 4.42. The third-order valence-electron chi connectivity index (χ3n) is 5.30. The molecule has 1 aromatic rings. The Bertz CT molecular complexity index is 790. The second kappa shape index (κ2) is 11.4. The lowest BCUT2D eigenvalue weighted by molar-refractivity contribution is -0.128. The van der Waals surface area contributed by atoms with Crippen molar-refractivity contribution in [3.63, 3.8) is 0 Å². The zero-order valence-corrected chi connectivity index (χ0v) is 17.6. The van der Waals surface area contributed by atoms with Gasteiger partial charge in [-0.15, -0.1) is 11.8 Å². The van der Waals surface area contributed by atoms with Crippen LogP contribution in [0.4, 0.5) is 0 Å². The lowest BCUT2D eigenvalue weighted by atomic mass is 10.00. The van der Waals surface area contributed by atoms with Gasteiger partial charge in [0.2, 0.25) is 5.91 Å². The molecule has 1 N–H and O–H groups in total. The van der Waals surface area contributed by atoms with Crippen molar-refractivity contribution in [1.82, 2.24) is 4.90 Å². The molecule has 1 amide bonds. The molecule has 3 atom stereocenters. The molecule has 0 spiro atoms. The first-order chi connectivity index (χ1) is 14.0. The van der Waals surface area contributed by atoms with Gasteiger partial charge in [0.1, 0.15) is 0 Å². The number of carbonyl (C=O) groups is 2. The molecule has 1 heterocycles. The Labute approximate surface area is 173 Å². The quantitative estimate of drug-likeness (QED) is 0.394. The van der Waals surface area contributed by atoms with Crippen LogP contribution in [0.25, 0.3) is 0 Å². The third-order valence-corrected chi connectivity index (χ3v) is 5.30. The summed E-state index contributed by atoms with van der Waals surface area (Å²) in [5.41, 5.74) is 1.59. The summed E-state index contributed by atoms with van der Waals surface area (Å²) in [4.78, 5) is 25.8. The maximum Gasteiger partial charge on any atom is 0.337 e. The molecule has 5 nitrogen and oxygen atoms in total. The van der Waals surface area contributed by atoms with Crippen molar-refractivity contribution in [2.24, 2.45) is 5.92 Å². The van der Waals surface area contributed by atoms with Gasteiger partial charge in [0, 0.05) is 19.4 Å². The minimum atomic E-state index is -0.561. The molecule has 0 radical (unpaired) electrons. The van der Waals surface area contributed by atoms with Gasteiger partial charge in [-0.25, -0.2) is 4.79 Å². The van der Waals surface area contributed by atoms with Crippen LogP contribution in [0, 0.1) is 17.8 Å². The number of aryl methyl sites for hydroxylation is 1. The second-order valence-electron chi connectivity index (χ2n) is 7.47. The zero-order chi connectivity index (χ0) is 21.2. The minimum Gasteiger partial charge on any atom is -0.465 e. The standard InChI is InChI=1S/C24H31NO4/c1-4-5-8-18(2)22(26)14-12-21-13-15-23(27)25(21)16-7-10-19-9-6-11-20(17-19)24(28)29-3/h6,9,11-12,14,17-18,21-22,26H,7-8,10,13,15-16H2,1-3H3/t18-,21-,22-/m0/s1. The molecule has 1 aliphatic heterocycles. The van der Waals surface area contributed by atoms with Gasteiger partial charge in [-0.1, -0.05) is 31.2 Å². The van der Waals surface area contributed by atoms with Crippen molar-refractivity contribution in [2.45, 2.75) is 58.1 Å². The van der Waals surface area contributed by atoms with E-state index in [0.717, 1.165) is 24.8 Å². The fourth-order valence-corrected chi connectivity index (χ4v) is 3.49. The summed E-state index contributed by atoms with van der Waals surface area (Å²) in [6, 6.07) is 7.43. The summed E-state index contributed by atoms with van der Waals surface area (Å²) in [5.74, 6) is 5.72. The predicted octanol–water partition coefficient (Wildman–Crippen LogP) is 3.36. The molecule has 0 saturated carbocycles. The third kappa shape index (κ3) is 6.76. The molecule has 1 fully saturated rings. The Morgan fingerprint density at radius 1 is 1.45 bits per heavy atom. The molecule has 0 aliphatic carbocycles. The monoisotopic (exact) mass is 397 g/mol. The van der Waals surface area contributed by atoms with Gasteiger partial charge < -0.3 is 14.7 Å². The highest BCUT2D eigenvalue weighted by molar-refractivity contribution is 5.89. The molecule has 0 aromatic heterocycles. The normalized spacial score (nSPS) is 18.4. The molecule has 156 valence electrons. The van der Waals surface area contributed by atoms with E-state index >= 15 is 0 Å². The molecule has 2 rings (SSSR count). The average molecular weight is 398 g/mol. The Hall–Kier alpha value is -2.58. The highest BCUT2D eigenvalue weighted by Crippen LogP contribution is 2.22. The van der Waals surface area contributed by atoms with E-state index in [1.165, 1.54) is 7.11 Å². The molecule has 1 aromatic carbocycles. The summed E-state index contributed by atoms with van der Waals surface area (Å²) in [6.07, 6.45) is 6.77. The van der Waals surface area contributed by atoms with Crippen molar-refractivity contribution in [3.05, 3.63) is 47.5 Å². The topological polar surface area (TPSA) is 66.8 Å². The zero-order valence-electron chi connectivity index (χ0n) is 17.6. The number of ether oxygens (including phenoxy) is 1. The fourth-order valence-electron chi connectivity index (χ4n) is 3.49. The molecular weight excluding hydrogens is 366 g/mol. The van der Waals surface area contributed by atoms with Gasteiger partial charge in [-0.2, -0.15) is 0 Å². The van der Waals surface area contributed by atoms with Crippen LogP contribution in [0.1, 0.15) is 55.5 Å². The lowest BCUT2D eigenvalue weighted by Gasteiger charge is -2.23. The van der Waals surface area contributed by atoms with Crippen molar-refractivity contribution in [1.29, 1.82) is 0 Å². The summed E-state index contributed by atoms with van der Waals surface area (Å²) < 4.78 is 4.76. The van der Waals surface area contributed by atoms with Crippen molar-refractivity contribution >= 4 is 11.9 Å². The highest BCUT2D eigenvalue weighted by Gasteiger charge is 2.28. The number of nitrogens with zero attached hydrogens (tertiary/aromatic N) is 1. The minimum absolute atomic E-state index is 0.0306. The number of amides is 1. The SMILES string of the molecule is CC#CC[C@H](C)[C@@H](O)C=C[C@H]1CCC(=O)N1CCCc1cccc(C(=O)OC)c1. The van der Waals surface area contributed by atoms with Gasteiger partial charge >= 0.3 is 5.97 Å². The summed E-state index contributed by atoms with van der Waals surface area (Å²) >= 11 is 0. The number of esters is 1. The van der Waals surface area contributed by atoms with Gasteiger partial charge in [-0.3, -0.25) is 4.79 Å². The van der Waals surface area contributed by atoms with Gasteiger partial charge in [0.15, 0.2) is 0 Å². The number of rotatable bonds is 9. The first kappa shape index (κ1) is 22.7. The number of aliphatic hydroxyl groups excluding tert-OH is 1. The number of aliphatic hydroxyl groups is 1. The van der Waals surface area contributed by atoms with E-state index in [0.29, 0.717) is 24.9 Å². The van der Waals surface area contributed by atoms with Crippen molar-refractivity contribution in [2.75, 3.05) is 13.7 Å². The number of hydrogen-bond acceptors (Lipinski definition) is 4. The Morgan fingerprint density at radius 3 is 2.97 bits per heavy atom. The molecule has 29 heavy (non-hydrogen) atoms. The largest absolute Gasteiger partial charge is 0.465 e.